The van der Waals surface area contributed by atoms with Crippen LogP contribution in [0.1, 0.15) is 83.5 Å². The number of carboxylic acid groups (broad SMARTS) is 2. The van der Waals surface area contributed by atoms with E-state index < -0.39 is 46.3 Å². The molecule has 0 atom stereocenters. The maximum atomic E-state index is 15.4. The van der Waals surface area contributed by atoms with Crippen LogP contribution in [-0.4, -0.2) is 45.7 Å². The second-order valence-corrected chi connectivity index (χ2v) is 18.2. The molecule has 4 heterocycles. The van der Waals surface area contributed by atoms with Crippen LogP contribution in [0, 0.1) is 23.3 Å². The van der Waals surface area contributed by atoms with Crippen molar-refractivity contribution < 1.29 is 66.9 Å². The zero-order valence-electron chi connectivity index (χ0n) is 34.9. The van der Waals surface area contributed by atoms with Crippen LogP contribution in [0.5, 0.6) is 0 Å². The van der Waals surface area contributed by atoms with Crippen LogP contribution >= 0.6 is 46.7 Å². The molecule has 0 spiro atoms. The smallest absolute Gasteiger partial charge is 0.545 e. The number of carbonyl (C=O) groups is 2. The summed E-state index contributed by atoms with van der Waals surface area (Å²) in [5, 5.41) is 30.4. The average molecular weight is 970 g/mol. The first-order valence-electron chi connectivity index (χ1n) is 20.3. The standard InChI is InChI=1S/2C23H18ClF2N3O2S.Na/c2*1-2-28-11-13(10-27-28)29-20(12-6-7-12)22(15-8-9-16(24)19(26)21(15)29)32-17-5-3-4-14(18(17)25)23(30)31;/h2*3-5,8-12H,2,6-7H2,1H3,(H,30,31);/q;;+1/p-1. The number of aromatic nitrogens is 6. The fraction of sp³-hybridized carbons (Fsp3) is 0.217. The van der Waals surface area contributed by atoms with Gasteiger partial charge in [-0.15, -0.1) is 0 Å². The molecule has 0 unspecified atom stereocenters. The molecule has 1 N–H and O–H groups in total. The van der Waals surface area contributed by atoms with Gasteiger partial charge in [-0.2, -0.15) is 10.2 Å². The maximum Gasteiger partial charge on any atom is 1.00 e. The number of nitrogens with zero attached hydrogens (tertiary/aromatic N) is 6. The van der Waals surface area contributed by atoms with Crippen LogP contribution in [0.2, 0.25) is 10.0 Å². The molecular formula is C46H35Cl2F4N6NaO4S2. The van der Waals surface area contributed by atoms with Crippen molar-refractivity contribution >= 4 is 80.5 Å². The molecule has 0 saturated heterocycles. The van der Waals surface area contributed by atoms with E-state index >= 15 is 8.78 Å². The fourth-order valence-electron chi connectivity index (χ4n) is 7.81. The van der Waals surface area contributed by atoms with Crippen molar-refractivity contribution in [3.8, 4) is 11.4 Å². The number of carboxylic acids is 2. The number of hydrogen-bond acceptors (Lipinski definition) is 7. The van der Waals surface area contributed by atoms with Crippen molar-refractivity contribution in [3.63, 3.8) is 0 Å². The number of benzene rings is 4. The van der Waals surface area contributed by atoms with Crippen molar-refractivity contribution in [2.24, 2.45) is 0 Å². The number of fused-ring (bicyclic) bond motifs is 2. The Bertz CT molecular complexity index is 2970. The van der Waals surface area contributed by atoms with Gasteiger partial charge in [-0.3, -0.25) is 9.36 Å². The van der Waals surface area contributed by atoms with Gasteiger partial charge in [0.05, 0.1) is 56.4 Å². The molecule has 0 amide bonds. The van der Waals surface area contributed by atoms with Gasteiger partial charge in [0.2, 0.25) is 0 Å². The van der Waals surface area contributed by atoms with E-state index in [2.05, 4.69) is 10.2 Å². The van der Waals surface area contributed by atoms with Crippen LogP contribution in [0.25, 0.3) is 33.2 Å². The molecule has 10 rings (SSSR count). The number of rotatable bonds is 12. The largest absolute Gasteiger partial charge is 1.00 e. The number of aromatic carboxylic acids is 2. The van der Waals surface area contributed by atoms with Crippen LogP contribution in [-0.2, 0) is 13.1 Å². The molecule has 2 fully saturated rings. The van der Waals surface area contributed by atoms with Crippen LogP contribution in [0.15, 0.2) is 105 Å². The van der Waals surface area contributed by atoms with E-state index in [1.807, 2.05) is 35.4 Å². The van der Waals surface area contributed by atoms with Gasteiger partial charge >= 0.3 is 35.5 Å². The van der Waals surface area contributed by atoms with Gasteiger partial charge in [0, 0.05) is 84.6 Å². The van der Waals surface area contributed by atoms with E-state index in [1.165, 1.54) is 48.5 Å². The van der Waals surface area contributed by atoms with Gasteiger partial charge in [0.1, 0.15) is 5.82 Å². The Labute approximate surface area is 409 Å². The number of halogens is 6. The van der Waals surface area contributed by atoms with Gasteiger partial charge in [0.15, 0.2) is 17.5 Å². The van der Waals surface area contributed by atoms with Crippen molar-refractivity contribution in [1.29, 1.82) is 0 Å². The molecule has 328 valence electrons. The van der Waals surface area contributed by atoms with Crippen molar-refractivity contribution in [3.05, 3.63) is 141 Å². The molecule has 0 radical (unpaired) electrons. The van der Waals surface area contributed by atoms with E-state index in [1.54, 1.807) is 33.9 Å². The molecule has 2 saturated carbocycles. The van der Waals surface area contributed by atoms with E-state index in [-0.39, 0.29) is 61.2 Å². The summed E-state index contributed by atoms with van der Waals surface area (Å²) in [5.41, 5.74) is 2.81. The number of aryl methyl sites for hydroxylation is 2. The van der Waals surface area contributed by atoms with E-state index in [0.29, 0.717) is 56.1 Å². The summed E-state index contributed by atoms with van der Waals surface area (Å²) in [6.45, 7) is 5.24. The Kier molecular flexibility index (Phi) is 13.6. The predicted octanol–water partition coefficient (Wildman–Crippen LogP) is 8.68. The molecule has 10 nitrogen and oxygen atoms in total. The van der Waals surface area contributed by atoms with Crippen LogP contribution in [0.3, 0.4) is 0 Å². The van der Waals surface area contributed by atoms with Gasteiger partial charge in [-0.05, 0) is 82.0 Å². The Morgan fingerprint density at radius 2 is 1.09 bits per heavy atom. The summed E-state index contributed by atoms with van der Waals surface area (Å²) >= 11 is 14.5. The minimum Gasteiger partial charge on any atom is -0.545 e. The normalized spacial score (nSPS) is 13.5. The second-order valence-electron chi connectivity index (χ2n) is 15.3. The molecule has 2 aliphatic carbocycles. The Hall–Kier alpha value is -4.68. The first-order chi connectivity index (χ1) is 30.8. The van der Waals surface area contributed by atoms with E-state index in [4.69, 9.17) is 23.2 Å². The molecule has 19 heteroatoms. The molecule has 4 aromatic carbocycles. The van der Waals surface area contributed by atoms with Gasteiger partial charge in [-0.25, -0.2) is 22.4 Å². The fourth-order valence-corrected chi connectivity index (χ4v) is 10.5. The van der Waals surface area contributed by atoms with E-state index in [0.717, 1.165) is 60.6 Å². The quantitative estimate of drug-likeness (QED) is 0.0954. The summed E-state index contributed by atoms with van der Waals surface area (Å²) < 4.78 is 67.7. The zero-order chi connectivity index (χ0) is 45.1. The summed E-state index contributed by atoms with van der Waals surface area (Å²) in [6.07, 6.45) is 10.7. The molecular weight excluding hydrogens is 935 g/mol. The topological polar surface area (TPSA) is 123 Å². The predicted molar refractivity (Wildman–Crippen MR) is 236 cm³/mol. The molecule has 0 aliphatic heterocycles. The van der Waals surface area contributed by atoms with Crippen molar-refractivity contribution in [2.45, 2.75) is 84.0 Å². The summed E-state index contributed by atoms with van der Waals surface area (Å²) in [6, 6.07) is 14.8. The monoisotopic (exact) mass is 968 g/mol. The summed E-state index contributed by atoms with van der Waals surface area (Å²) in [4.78, 5) is 24.4. The zero-order valence-corrected chi connectivity index (χ0v) is 40.1. The SMILES string of the molecule is CCn1cc(-n2c(C3CC3)c(Sc3cccc(C(=O)O)c3F)c3ccc(Cl)c(F)c32)cn1.CCn1cc(-n2c(C3CC3)c(Sc3cccc(C(=O)[O-])c3F)c3ccc(Cl)c(F)c32)cn1.[Na+]. The minimum atomic E-state index is -1.58. The third-order valence-electron chi connectivity index (χ3n) is 11.2. The third kappa shape index (κ3) is 8.74. The molecule has 4 aromatic heterocycles. The Balaban J connectivity index is 0.000000175. The molecule has 8 aromatic rings. The molecule has 2 aliphatic rings. The van der Waals surface area contributed by atoms with Gasteiger partial charge in [0.25, 0.3) is 0 Å². The minimum absolute atomic E-state index is 0. The first-order valence-corrected chi connectivity index (χ1v) is 22.7. The van der Waals surface area contributed by atoms with E-state index in [9.17, 15) is 28.6 Å². The Morgan fingerprint density at radius 3 is 1.46 bits per heavy atom. The van der Waals surface area contributed by atoms with Gasteiger partial charge < -0.3 is 24.1 Å². The van der Waals surface area contributed by atoms with Crippen molar-refractivity contribution in [2.75, 3.05) is 0 Å². The summed E-state index contributed by atoms with van der Waals surface area (Å²) in [7, 11) is 0. The Morgan fingerprint density at radius 1 is 0.677 bits per heavy atom. The summed E-state index contributed by atoms with van der Waals surface area (Å²) in [5.74, 6) is -5.36. The average Bonchev–Trinajstić information content (AvgIpc) is 4.13. The molecule has 0 bridgehead atoms. The third-order valence-corrected chi connectivity index (χ3v) is 14.1. The number of carbonyl (C=O) groups excluding carboxylic acids is 1. The second kappa shape index (κ2) is 18.9. The first kappa shape index (κ1) is 46.8. The van der Waals surface area contributed by atoms with Crippen LogP contribution in [0.4, 0.5) is 17.6 Å². The molecule has 65 heavy (non-hydrogen) atoms. The van der Waals surface area contributed by atoms with Crippen LogP contribution < -0.4 is 34.7 Å². The van der Waals surface area contributed by atoms with Gasteiger partial charge in [-0.1, -0.05) is 64.9 Å². The number of hydrogen-bond donors (Lipinski definition) is 1. The van der Waals surface area contributed by atoms with Crippen molar-refractivity contribution in [1.82, 2.24) is 28.7 Å². The maximum absolute atomic E-state index is 15.4.